The first-order valence-corrected chi connectivity index (χ1v) is 8.30. The molecule has 0 fully saturated rings. The van der Waals surface area contributed by atoms with Gasteiger partial charge < -0.3 is 10.6 Å². The molecule has 1 aromatic carbocycles. The molecule has 1 aliphatic rings. The number of nitrogens with zero attached hydrogens (tertiary/aromatic N) is 2. The van der Waals surface area contributed by atoms with Gasteiger partial charge in [0, 0.05) is 24.5 Å². The number of benzene rings is 1. The van der Waals surface area contributed by atoms with Gasteiger partial charge in [-0.3, -0.25) is 0 Å². The molecule has 0 atom stereocenters. The summed E-state index contributed by atoms with van der Waals surface area (Å²) in [6, 6.07) is 6.71. The minimum absolute atomic E-state index is 0.785. The molecule has 22 heavy (non-hydrogen) atoms. The van der Waals surface area contributed by atoms with Gasteiger partial charge in [0.25, 0.3) is 0 Å². The SMILES string of the molecule is Cc1sc2ncnc(NCc3ccc4c(c3)CNC4)c2c1C. The maximum Gasteiger partial charge on any atom is 0.138 e. The second kappa shape index (κ2) is 5.34. The van der Waals surface area contributed by atoms with Crippen LogP contribution in [0.1, 0.15) is 27.1 Å². The van der Waals surface area contributed by atoms with E-state index in [0.29, 0.717) is 0 Å². The monoisotopic (exact) mass is 310 g/mol. The Hall–Kier alpha value is -1.98. The van der Waals surface area contributed by atoms with E-state index in [9.17, 15) is 0 Å². The van der Waals surface area contributed by atoms with Gasteiger partial charge >= 0.3 is 0 Å². The molecule has 0 aliphatic carbocycles. The first kappa shape index (κ1) is 13.7. The third-order valence-corrected chi connectivity index (χ3v) is 5.44. The third-order valence-electron chi connectivity index (χ3n) is 4.33. The molecule has 5 heteroatoms. The van der Waals surface area contributed by atoms with Gasteiger partial charge in [-0.15, -0.1) is 11.3 Å². The molecule has 3 heterocycles. The summed E-state index contributed by atoms with van der Waals surface area (Å²) in [7, 11) is 0. The quantitative estimate of drug-likeness (QED) is 0.777. The molecule has 0 amide bonds. The molecular weight excluding hydrogens is 292 g/mol. The van der Waals surface area contributed by atoms with E-state index < -0.39 is 0 Å². The average Bonchev–Trinajstić information content (AvgIpc) is 3.10. The van der Waals surface area contributed by atoms with Gasteiger partial charge in [0.05, 0.1) is 5.39 Å². The van der Waals surface area contributed by atoms with Crippen LogP contribution in [0.15, 0.2) is 24.5 Å². The molecule has 1 aliphatic heterocycles. The Morgan fingerprint density at radius 1 is 1.18 bits per heavy atom. The van der Waals surface area contributed by atoms with Crippen molar-refractivity contribution in [3.05, 3.63) is 51.7 Å². The largest absolute Gasteiger partial charge is 0.365 e. The molecule has 4 rings (SSSR count). The Bertz CT molecular complexity index is 853. The van der Waals surface area contributed by atoms with Gasteiger partial charge in [-0.2, -0.15) is 0 Å². The molecule has 2 aromatic heterocycles. The number of rotatable bonds is 3. The van der Waals surface area contributed by atoms with Crippen LogP contribution in [0.3, 0.4) is 0 Å². The Balaban J connectivity index is 1.62. The van der Waals surface area contributed by atoms with E-state index in [-0.39, 0.29) is 0 Å². The highest BCUT2D eigenvalue weighted by Gasteiger charge is 2.13. The van der Waals surface area contributed by atoms with Crippen LogP contribution in [0.4, 0.5) is 5.82 Å². The van der Waals surface area contributed by atoms with E-state index in [1.54, 1.807) is 17.7 Å². The lowest BCUT2D eigenvalue weighted by Gasteiger charge is -2.09. The van der Waals surface area contributed by atoms with Crippen molar-refractivity contribution in [2.45, 2.75) is 33.5 Å². The van der Waals surface area contributed by atoms with Gasteiger partial charge in [-0.1, -0.05) is 18.2 Å². The number of hydrogen-bond acceptors (Lipinski definition) is 5. The lowest BCUT2D eigenvalue weighted by Crippen LogP contribution is -2.03. The molecule has 0 spiro atoms. The van der Waals surface area contributed by atoms with E-state index in [0.717, 1.165) is 35.7 Å². The van der Waals surface area contributed by atoms with Crippen molar-refractivity contribution in [1.82, 2.24) is 15.3 Å². The van der Waals surface area contributed by atoms with Crippen LogP contribution in [0.2, 0.25) is 0 Å². The van der Waals surface area contributed by atoms with Gasteiger partial charge in [0.1, 0.15) is 17.0 Å². The Kier molecular flexibility index (Phi) is 3.32. The lowest BCUT2D eigenvalue weighted by molar-refractivity contribution is 0.764. The Morgan fingerprint density at radius 3 is 2.95 bits per heavy atom. The molecule has 4 nitrogen and oxygen atoms in total. The lowest BCUT2D eigenvalue weighted by atomic mass is 10.1. The van der Waals surface area contributed by atoms with Crippen molar-refractivity contribution < 1.29 is 0 Å². The summed E-state index contributed by atoms with van der Waals surface area (Å²) in [6.07, 6.45) is 1.65. The second-order valence-electron chi connectivity index (χ2n) is 5.75. The van der Waals surface area contributed by atoms with Crippen LogP contribution >= 0.6 is 11.3 Å². The number of hydrogen-bond donors (Lipinski definition) is 2. The smallest absolute Gasteiger partial charge is 0.138 e. The van der Waals surface area contributed by atoms with E-state index >= 15 is 0 Å². The molecule has 2 N–H and O–H groups in total. The summed E-state index contributed by atoms with van der Waals surface area (Å²) >= 11 is 1.73. The van der Waals surface area contributed by atoms with Crippen molar-refractivity contribution >= 4 is 27.4 Å². The topological polar surface area (TPSA) is 49.8 Å². The van der Waals surface area contributed by atoms with Gasteiger partial charge in [-0.05, 0) is 36.1 Å². The summed E-state index contributed by atoms with van der Waals surface area (Å²) in [5.41, 5.74) is 5.40. The third kappa shape index (κ3) is 2.26. The van der Waals surface area contributed by atoms with Crippen molar-refractivity contribution in [2.24, 2.45) is 0 Å². The van der Waals surface area contributed by atoms with Crippen LogP contribution in [0.25, 0.3) is 10.2 Å². The van der Waals surface area contributed by atoms with E-state index in [1.807, 2.05) is 0 Å². The molecule has 0 saturated heterocycles. The van der Waals surface area contributed by atoms with Crippen LogP contribution in [0, 0.1) is 13.8 Å². The van der Waals surface area contributed by atoms with Crippen molar-refractivity contribution in [3.63, 3.8) is 0 Å². The van der Waals surface area contributed by atoms with Gasteiger partial charge in [-0.25, -0.2) is 9.97 Å². The number of fused-ring (bicyclic) bond motifs is 2. The normalized spacial score (nSPS) is 13.5. The van der Waals surface area contributed by atoms with Crippen molar-refractivity contribution in [1.29, 1.82) is 0 Å². The highest BCUT2D eigenvalue weighted by Crippen LogP contribution is 2.32. The first-order chi connectivity index (χ1) is 10.7. The minimum Gasteiger partial charge on any atom is -0.365 e. The standard InChI is InChI=1S/C17H18N4S/c1-10-11(2)22-17-15(10)16(20-9-21-17)19-6-12-3-4-13-7-18-8-14(13)5-12/h3-5,9,18H,6-8H2,1-2H3,(H,19,20,21). The molecular formula is C17H18N4S. The molecule has 0 saturated carbocycles. The summed E-state index contributed by atoms with van der Waals surface area (Å²) in [4.78, 5) is 11.2. The van der Waals surface area contributed by atoms with E-state index in [4.69, 9.17) is 0 Å². The maximum absolute atomic E-state index is 4.44. The summed E-state index contributed by atoms with van der Waals surface area (Å²) in [5.74, 6) is 0.936. The molecule has 0 radical (unpaired) electrons. The number of anilines is 1. The van der Waals surface area contributed by atoms with Gasteiger partial charge in [0.15, 0.2) is 0 Å². The number of aryl methyl sites for hydroxylation is 2. The molecule has 0 bridgehead atoms. The highest BCUT2D eigenvalue weighted by molar-refractivity contribution is 7.18. The predicted molar refractivity (Wildman–Crippen MR) is 91.2 cm³/mol. The molecule has 112 valence electrons. The first-order valence-electron chi connectivity index (χ1n) is 7.48. The van der Waals surface area contributed by atoms with Crippen LogP contribution < -0.4 is 10.6 Å². The van der Waals surface area contributed by atoms with E-state index in [2.05, 4.69) is 52.6 Å². The average molecular weight is 310 g/mol. The summed E-state index contributed by atoms with van der Waals surface area (Å²) < 4.78 is 0. The van der Waals surface area contributed by atoms with Gasteiger partial charge in [0.2, 0.25) is 0 Å². The van der Waals surface area contributed by atoms with Crippen LogP contribution in [-0.4, -0.2) is 9.97 Å². The highest BCUT2D eigenvalue weighted by atomic mass is 32.1. The van der Waals surface area contributed by atoms with Crippen molar-refractivity contribution in [3.8, 4) is 0 Å². The van der Waals surface area contributed by atoms with E-state index in [1.165, 1.54) is 27.1 Å². The fourth-order valence-corrected chi connectivity index (χ4v) is 3.96. The predicted octanol–water partition coefficient (Wildman–Crippen LogP) is 3.52. The second-order valence-corrected chi connectivity index (χ2v) is 6.95. The van der Waals surface area contributed by atoms with Crippen LogP contribution in [0.5, 0.6) is 0 Å². The number of aromatic nitrogens is 2. The Morgan fingerprint density at radius 2 is 2.05 bits per heavy atom. The zero-order valence-corrected chi connectivity index (χ0v) is 13.5. The maximum atomic E-state index is 4.44. The fraction of sp³-hybridized carbons (Fsp3) is 0.294. The number of thiophene rings is 1. The Labute approximate surface area is 133 Å². The zero-order valence-electron chi connectivity index (χ0n) is 12.7. The fourth-order valence-electron chi connectivity index (χ4n) is 2.96. The summed E-state index contributed by atoms with van der Waals surface area (Å²) in [6.45, 7) is 7.03. The van der Waals surface area contributed by atoms with Crippen LogP contribution in [-0.2, 0) is 19.6 Å². The minimum atomic E-state index is 0.785. The number of nitrogens with one attached hydrogen (secondary N) is 2. The summed E-state index contributed by atoms with van der Waals surface area (Å²) in [5, 5.41) is 8.03. The molecule has 0 unspecified atom stereocenters. The van der Waals surface area contributed by atoms with Crippen molar-refractivity contribution in [2.75, 3.05) is 5.32 Å². The zero-order chi connectivity index (χ0) is 15.1. The molecule has 3 aromatic rings.